The Morgan fingerprint density at radius 2 is 1.89 bits per heavy atom. The first-order chi connectivity index (χ1) is 12.3. The number of nitrogens with two attached hydrogens (primary N) is 1. The molecular weight excluding hydrogens is 370 g/mol. The van der Waals surface area contributed by atoms with E-state index >= 15 is 0 Å². The van der Waals surface area contributed by atoms with Crippen molar-refractivity contribution in [3.05, 3.63) is 36.7 Å². The largest absolute Gasteiger partial charge is 0.497 e. The molecule has 0 aliphatic heterocycles. The third-order valence-corrected chi connectivity index (χ3v) is 3.86. The number of ether oxygens (including phenoxy) is 1. The second-order valence-corrected chi connectivity index (χ2v) is 6.32. The van der Waals surface area contributed by atoms with Gasteiger partial charge in [0.05, 0.1) is 24.5 Å². The van der Waals surface area contributed by atoms with Gasteiger partial charge < -0.3 is 21.1 Å². The molecule has 2 amide bonds. The summed E-state index contributed by atoms with van der Waals surface area (Å²) in [5, 5.41) is 9.59. The van der Waals surface area contributed by atoms with Gasteiger partial charge in [0.2, 0.25) is 11.8 Å². The number of halogens is 1. The first-order valence-electron chi connectivity index (χ1n) is 8.40. The van der Waals surface area contributed by atoms with E-state index in [2.05, 4.69) is 15.7 Å². The molecule has 4 N–H and O–H groups in total. The lowest BCUT2D eigenvalue weighted by atomic mass is 9.96. The summed E-state index contributed by atoms with van der Waals surface area (Å²) in [6.45, 7) is 3.69. The van der Waals surface area contributed by atoms with Crippen LogP contribution in [0.25, 0.3) is 0 Å². The molecule has 1 aromatic carbocycles. The lowest BCUT2D eigenvalue weighted by Crippen LogP contribution is -2.48. The molecule has 0 saturated heterocycles. The summed E-state index contributed by atoms with van der Waals surface area (Å²) < 4.78 is 6.52. The number of benzene rings is 1. The van der Waals surface area contributed by atoms with Crippen LogP contribution in [0.2, 0.25) is 0 Å². The summed E-state index contributed by atoms with van der Waals surface area (Å²) in [5.74, 6) is 0.206. The molecular formula is C18H26ClN5O3. The minimum absolute atomic E-state index is 0. The van der Waals surface area contributed by atoms with Crippen molar-refractivity contribution in [2.45, 2.75) is 38.8 Å². The number of carbonyl (C=O) groups excluding carboxylic acids is 2. The standard InChI is InChI=1S/C18H25N5O3.ClH/c1-4-9-18(2,19)17(25)22-14-10-20-23(11-14)12-16(24)21-13-5-7-15(26-3)8-6-13;/h5-8,10-11H,4,9,12,19H2,1-3H3,(H,21,24)(H,22,25);1H. The Morgan fingerprint density at radius 3 is 2.48 bits per heavy atom. The van der Waals surface area contributed by atoms with Crippen LogP contribution < -0.4 is 21.1 Å². The average molecular weight is 396 g/mol. The first-order valence-corrected chi connectivity index (χ1v) is 8.40. The van der Waals surface area contributed by atoms with Crippen LogP contribution in [0.15, 0.2) is 36.7 Å². The van der Waals surface area contributed by atoms with Crippen molar-refractivity contribution < 1.29 is 14.3 Å². The van der Waals surface area contributed by atoms with E-state index in [4.69, 9.17) is 10.5 Å². The molecule has 0 aliphatic carbocycles. The molecule has 1 aromatic heterocycles. The number of carbonyl (C=O) groups is 2. The van der Waals surface area contributed by atoms with Crippen molar-refractivity contribution in [2.24, 2.45) is 5.73 Å². The molecule has 2 rings (SSSR count). The summed E-state index contributed by atoms with van der Waals surface area (Å²) in [6, 6.07) is 7.02. The number of hydrogen-bond donors (Lipinski definition) is 3. The third kappa shape index (κ3) is 6.58. The number of nitrogens with zero attached hydrogens (tertiary/aromatic N) is 2. The number of nitrogens with one attached hydrogen (secondary N) is 2. The zero-order valence-corrected chi connectivity index (χ0v) is 16.5. The van der Waals surface area contributed by atoms with Crippen molar-refractivity contribution in [1.29, 1.82) is 0 Å². The van der Waals surface area contributed by atoms with Crippen LogP contribution in [-0.2, 0) is 16.1 Å². The molecule has 0 spiro atoms. The van der Waals surface area contributed by atoms with E-state index in [-0.39, 0.29) is 30.8 Å². The van der Waals surface area contributed by atoms with Gasteiger partial charge in [0, 0.05) is 11.9 Å². The maximum absolute atomic E-state index is 12.2. The summed E-state index contributed by atoms with van der Waals surface area (Å²) in [5.41, 5.74) is 6.22. The molecule has 0 saturated carbocycles. The Hall–Kier alpha value is -2.58. The van der Waals surface area contributed by atoms with Gasteiger partial charge in [-0.3, -0.25) is 14.3 Å². The number of anilines is 2. The predicted molar refractivity (Wildman–Crippen MR) is 107 cm³/mol. The van der Waals surface area contributed by atoms with Gasteiger partial charge in [0.25, 0.3) is 0 Å². The van der Waals surface area contributed by atoms with Gasteiger partial charge >= 0.3 is 0 Å². The number of rotatable bonds is 8. The van der Waals surface area contributed by atoms with E-state index in [1.807, 2.05) is 6.92 Å². The average Bonchev–Trinajstić information content (AvgIpc) is 3.02. The monoisotopic (exact) mass is 395 g/mol. The van der Waals surface area contributed by atoms with Gasteiger partial charge in [-0.05, 0) is 37.6 Å². The molecule has 1 heterocycles. The van der Waals surface area contributed by atoms with Gasteiger partial charge in [-0.25, -0.2) is 0 Å². The summed E-state index contributed by atoms with van der Waals surface area (Å²) in [7, 11) is 1.58. The van der Waals surface area contributed by atoms with Crippen LogP contribution >= 0.6 is 12.4 Å². The second kappa shape index (κ2) is 9.94. The number of hydrogen-bond acceptors (Lipinski definition) is 5. The highest BCUT2D eigenvalue weighted by Crippen LogP contribution is 2.16. The molecule has 1 atom stereocenters. The van der Waals surface area contributed by atoms with E-state index in [0.29, 0.717) is 23.5 Å². The molecule has 8 nitrogen and oxygen atoms in total. The molecule has 0 bridgehead atoms. The Morgan fingerprint density at radius 1 is 1.22 bits per heavy atom. The fourth-order valence-corrected chi connectivity index (χ4v) is 2.44. The Bertz CT molecular complexity index is 759. The molecule has 0 radical (unpaired) electrons. The molecule has 27 heavy (non-hydrogen) atoms. The molecule has 0 aliphatic rings. The van der Waals surface area contributed by atoms with E-state index in [9.17, 15) is 9.59 Å². The number of amides is 2. The summed E-state index contributed by atoms with van der Waals surface area (Å²) in [6.07, 6.45) is 4.47. The van der Waals surface area contributed by atoms with Gasteiger partial charge in [-0.15, -0.1) is 12.4 Å². The Balaban J connectivity index is 0.00000364. The topological polar surface area (TPSA) is 111 Å². The lowest BCUT2D eigenvalue weighted by molar-refractivity contribution is -0.121. The van der Waals surface area contributed by atoms with E-state index < -0.39 is 5.54 Å². The maximum Gasteiger partial charge on any atom is 0.246 e. The van der Waals surface area contributed by atoms with Crippen molar-refractivity contribution in [2.75, 3.05) is 17.7 Å². The van der Waals surface area contributed by atoms with Gasteiger partial charge in [-0.1, -0.05) is 13.3 Å². The van der Waals surface area contributed by atoms with Gasteiger partial charge in [0.15, 0.2) is 0 Å². The molecule has 9 heteroatoms. The van der Waals surface area contributed by atoms with Crippen molar-refractivity contribution in [3.8, 4) is 5.75 Å². The van der Waals surface area contributed by atoms with E-state index in [0.717, 1.165) is 6.42 Å². The SMILES string of the molecule is CCCC(C)(N)C(=O)Nc1cnn(CC(=O)Nc2ccc(OC)cc2)c1.Cl. The second-order valence-electron chi connectivity index (χ2n) is 6.32. The minimum Gasteiger partial charge on any atom is -0.497 e. The fraction of sp³-hybridized carbons (Fsp3) is 0.389. The minimum atomic E-state index is -0.942. The summed E-state index contributed by atoms with van der Waals surface area (Å²) in [4.78, 5) is 24.3. The fourth-order valence-electron chi connectivity index (χ4n) is 2.44. The Labute approximate surface area is 164 Å². The smallest absolute Gasteiger partial charge is 0.246 e. The molecule has 1 unspecified atom stereocenters. The van der Waals surface area contributed by atoms with Gasteiger partial charge in [-0.2, -0.15) is 5.10 Å². The molecule has 148 valence electrons. The van der Waals surface area contributed by atoms with Crippen LogP contribution in [0.4, 0.5) is 11.4 Å². The van der Waals surface area contributed by atoms with Crippen molar-refractivity contribution >= 4 is 35.6 Å². The first kappa shape index (κ1) is 22.5. The van der Waals surface area contributed by atoms with Crippen LogP contribution in [0.1, 0.15) is 26.7 Å². The zero-order valence-electron chi connectivity index (χ0n) is 15.7. The molecule has 0 fully saturated rings. The number of methoxy groups -OCH3 is 1. The molecule has 2 aromatic rings. The van der Waals surface area contributed by atoms with Crippen LogP contribution in [0, 0.1) is 0 Å². The third-order valence-electron chi connectivity index (χ3n) is 3.86. The van der Waals surface area contributed by atoms with E-state index in [1.54, 1.807) is 44.5 Å². The maximum atomic E-state index is 12.2. The number of aromatic nitrogens is 2. The van der Waals surface area contributed by atoms with Crippen LogP contribution in [0.5, 0.6) is 5.75 Å². The van der Waals surface area contributed by atoms with E-state index in [1.165, 1.54) is 10.9 Å². The highest BCUT2D eigenvalue weighted by molar-refractivity contribution is 5.97. The zero-order chi connectivity index (χ0) is 19.2. The predicted octanol–water partition coefficient (Wildman–Crippen LogP) is 2.41. The highest BCUT2D eigenvalue weighted by Gasteiger charge is 2.27. The quantitative estimate of drug-likeness (QED) is 0.635. The van der Waals surface area contributed by atoms with Crippen molar-refractivity contribution in [1.82, 2.24) is 9.78 Å². The van der Waals surface area contributed by atoms with Crippen molar-refractivity contribution in [3.63, 3.8) is 0 Å². The van der Waals surface area contributed by atoms with Crippen LogP contribution in [0.3, 0.4) is 0 Å². The Kier molecular flexibility index (Phi) is 8.27. The lowest BCUT2D eigenvalue weighted by Gasteiger charge is -2.22. The van der Waals surface area contributed by atoms with Gasteiger partial charge in [0.1, 0.15) is 12.3 Å². The normalized spacial score (nSPS) is 12.4. The van der Waals surface area contributed by atoms with Crippen LogP contribution in [-0.4, -0.2) is 34.2 Å². The highest BCUT2D eigenvalue weighted by atomic mass is 35.5. The summed E-state index contributed by atoms with van der Waals surface area (Å²) >= 11 is 0.